The van der Waals surface area contributed by atoms with E-state index in [2.05, 4.69) is 77.7 Å². The van der Waals surface area contributed by atoms with E-state index in [-0.39, 0.29) is 36.7 Å². The predicted octanol–water partition coefficient (Wildman–Crippen LogP) is 11.6. The maximum atomic E-state index is 12.6. The number of carbonyl (C=O) groups is 1. The van der Waals surface area contributed by atoms with Crippen molar-refractivity contribution in [3.8, 4) is 5.88 Å². The SMILES string of the molecule is CCCCCCCCCCCCCCCC[n+]1ccccc1.CCCCOc1cc(C([O-])=NCCN(CC)CC)c2ccccc2n1.CCOC(=O)c1ccc(N)cc1.Cl.Cl. The van der Waals surface area contributed by atoms with Crippen molar-refractivity contribution < 1.29 is 23.9 Å². The lowest BCUT2D eigenvalue weighted by molar-refractivity contribution is -0.697. The van der Waals surface area contributed by atoms with E-state index in [0.29, 0.717) is 42.5 Å². The smallest absolute Gasteiger partial charge is 0.338 e. The number of rotatable bonds is 27. The monoisotopic (exact) mass is 884 g/mol. The molecule has 0 fully saturated rings. The van der Waals surface area contributed by atoms with Crippen LogP contribution in [0.3, 0.4) is 0 Å². The Balaban J connectivity index is 0.000000919. The molecule has 9 nitrogen and oxygen atoms in total. The fourth-order valence-electron chi connectivity index (χ4n) is 6.55. The molecule has 0 saturated heterocycles. The fourth-order valence-corrected chi connectivity index (χ4v) is 6.55. The molecule has 0 aliphatic heterocycles. The van der Waals surface area contributed by atoms with Gasteiger partial charge in [0.25, 0.3) is 0 Å². The summed E-state index contributed by atoms with van der Waals surface area (Å²) in [5.41, 5.74) is 7.95. The summed E-state index contributed by atoms with van der Waals surface area (Å²) >= 11 is 0. The van der Waals surface area contributed by atoms with E-state index >= 15 is 0 Å². The first-order valence-electron chi connectivity index (χ1n) is 22.8. The van der Waals surface area contributed by atoms with Crippen LogP contribution >= 0.6 is 24.8 Å². The highest BCUT2D eigenvalue weighted by molar-refractivity contribution is 6.04. The molecular formula is C50H79Cl2N5O4. The van der Waals surface area contributed by atoms with Crippen molar-refractivity contribution in [3.05, 3.63) is 96.3 Å². The summed E-state index contributed by atoms with van der Waals surface area (Å²) in [5, 5.41) is 13.5. The number of pyridine rings is 2. The molecule has 2 N–H and O–H groups in total. The maximum Gasteiger partial charge on any atom is 0.338 e. The van der Waals surface area contributed by atoms with E-state index in [0.717, 1.165) is 43.4 Å². The second-order valence-electron chi connectivity index (χ2n) is 15.0. The van der Waals surface area contributed by atoms with Gasteiger partial charge in [-0.2, -0.15) is 0 Å². The van der Waals surface area contributed by atoms with E-state index in [4.69, 9.17) is 15.2 Å². The van der Waals surface area contributed by atoms with Crippen molar-refractivity contribution in [1.29, 1.82) is 0 Å². The molecule has 0 unspecified atom stereocenters. The topological polar surface area (TPSA) is 117 Å². The van der Waals surface area contributed by atoms with Crippen LogP contribution in [0.15, 0.2) is 90.2 Å². The molecule has 0 spiro atoms. The third-order valence-electron chi connectivity index (χ3n) is 10.2. The number of para-hydroxylation sites is 1. The quantitative estimate of drug-likeness (QED) is 0.0158. The van der Waals surface area contributed by atoms with Gasteiger partial charge in [0, 0.05) is 42.2 Å². The number of hydrogen-bond donors (Lipinski definition) is 1. The Hall–Kier alpha value is -3.92. The van der Waals surface area contributed by atoms with Crippen LogP contribution in [0.2, 0.25) is 0 Å². The Kier molecular flexibility index (Phi) is 35.4. The van der Waals surface area contributed by atoms with Crippen molar-refractivity contribution in [2.75, 3.05) is 45.1 Å². The Labute approximate surface area is 381 Å². The number of nitrogens with two attached hydrogens (primary N) is 1. The molecule has 0 atom stereocenters. The van der Waals surface area contributed by atoms with E-state index in [1.807, 2.05) is 24.3 Å². The number of likely N-dealkylation sites (N-methyl/N-ethyl adjacent to an activating group) is 1. The number of halogens is 2. The second-order valence-corrected chi connectivity index (χ2v) is 15.0. The first kappa shape index (κ1) is 57.1. The second kappa shape index (κ2) is 37.8. The van der Waals surface area contributed by atoms with E-state index in [1.165, 1.54) is 96.4 Å². The number of ether oxygens (including phenoxy) is 2. The number of nitrogens with zero attached hydrogens (tertiary/aromatic N) is 4. The number of carbonyl (C=O) groups excluding carboxylic acids is 1. The van der Waals surface area contributed by atoms with Crippen molar-refractivity contribution in [1.82, 2.24) is 9.88 Å². The van der Waals surface area contributed by atoms with E-state index < -0.39 is 0 Å². The van der Waals surface area contributed by atoms with Crippen molar-refractivity contribution in [2.45, 2.75) is 144 Å². The third kappa shape index (κ3) is 26.2. The number of nitrogen functional groups attached to an aromatic ring is 1. The Morgan fingerprint density at radius 1 is 0.721 bits per heavy atom. The van der Waals surface area contributed by atoms with Crippen LogP contribution in [0, 0.1) is 0 Å². The molecule has 2 aromatic carbocycles. The van der Waals surface area contributed by atoms with Gasteiger partial charge in [0.1, 0.15) is 6.54 Å². The van der Waals surface area contributed by atoms with Crippen LogP contribution in [0.5, 0.6) is 5.88 Å². The van der Waals surface area contributed by atoms with Crippen LogP contribution in [0.1, 0.15) is 153 Å². The molecule has 2 aromatic heterocycles. The Morgan fingerprint density at radius 3 is 1.84 bits per heavy atom. The van der Waals surface area contributed by atoms with Gasteiger partial charge in [0.2, 0.25) is 5.88 Å². The molecule has 0 bridgehead atoms. The number of unbranched alkanes of at least 4 members (excludes halogenated alkanes) is 14. The van der Waals surface area contributed by atoms with Crippen LogP contribution < -0.4 is 20.1 Å². The number of aromatic nitrogens is 2. The number of esters is 1. The zero-order chi connectivity index (χ0) is 42.8. The van der Waals surface area contributed by atoms with Crippen LogP contribution in [0.4, 0.5) is 5.69 Å². The van der Waals surface area contributed by atoms with Gasteiger partial charge in [-0.3, -0.25) is 4.99 Å². The summed E-state index contributed by atoms with van der Waals surface area (Å²) in [5.74, 6) is -0.0157. The summed E-state index contributed by atoms with van der Waals surface area (Å²) in [7, 11) is 0. The van der Waals surface area contributed by atoms with Crippen LogP contribution in [-0.2, 0) is 11.3 Å². The first-order chi connectivity index (χ1) is 28.9. The number of anilines is 1. The largest absolute Gasteiger partial charge is 0.858 e. The summed E-state index contributed by atoms with van der Waals surface area (Å²) in [6.07, 6.45) is 26.4. The van der Waals surface area contributed by atoms with Crippen LogP contribution in [-0.4, -0.2) is 61.1 Å². The standard InChI is InChI=1S/C21H38N.C20H29N3O2.C9H11NO2.2ClH/c1-2-3-4-5-6-7-8-9-10-11-12-13-14-16-19-22-20-17-15-18-21-22;1-4-7-14-25-19-15-17(16-10-8-9-11-18(16)22-19)20(24)21-12-13-23(5-2)6-3;1-2-12-9(11)7-3-5-8(10)6-4-7;;/h15,17-18,20-21H,2-14,16,19H2,1H3;8-11,15H,4-7,12-14H2,1-3H3,(H,21,24);3-6H,2,10H2,1H3;2*1H/q+1;;;;/p-1. The van der Waals surface area contributed by atoms with E-state index in [9.17, 15) is 9.90 Å². The van der Waals surface area contributed by atoms with Crippen molar-refractivity contribution >= 4 is 53.3 Å². The fraction of sp³-hybridized carbons (Fsp3) is 0.560. The molecule has 0 radical (unpaired) electrons. The van der Waals surface area contributed by atoms with Gasteiger partial charge in [-0.15, -0.1) is 24.8 Å². The molecule has 11 heteroatoms. The zero-order valence-electron chi connectivity index (χ0n) is 38.2. The number of fused-ring (bicyclic) bond motifs is 1. The minimum Gasteiger partial charge on any atom is -0.858 e. The third-order valence-corrected chi connectivity index (χ3v) is 10.2. The van der Waals surface area contributed by atoms with Gasteiger partial charge >= 0.3 is 5.97 Å². The van der Waals surface area contributed by atoms with Gasteiger partial charge in [-0.05, 0) is 74.6 Å². The average molecular weight is 885 g/mol. The number of aliphatic imine (C=N–C) groups is 1. The van der Waals surface area contributed by atoms with Crippen molar-refractivity contribution in [3.63, 3.8) is 0 Å². The minimum atomic E-state index is -0.308. The summed E-state index contributed by atoms with van der Waals surface area (Å²) in [4.78, 5) is 22.1. The van der Waals surface area contributed by atoms with Gasteiger partial charge in [-0.1, -0.05) is 135 Å². The lowest BCUT2D eigenvalue weighted by atomic mass is 10.0. The predicted molar refractivity (Wildman–Crippen MR) is 260 cm³/mol. The molecule has 61 heavy (non-hydrogen) atoms. The molecule has 4 rings (SSSR count). The summed E-state index contributed by atoms with van der Waals surface area (Å²) in [6.45, 7) is 15.8. The molecular weight excluding hydrogens is 805 g/mol. The molecule has 0 aliphatic rings. The van der Waals surface area contributed by atoms with Gasteiger partial charge in [0.05, 0.1) is 30.8 Å². The van der Waals surface area contributed by atoms with E-state index in [1.54, 1.807) is 37.3 Å². The van der Waals surface area contributed by atoms with Gasteiger partial charge in [0.15, 0.2) is 12.4 Å². The summed E-state index contributed by atoms with van der Waals surface area (Å²) in [6, 6.07) is 22.3. The molecule has 0 aliphatic carbocycles. The lowest BCUT2D eigenvalue weighted by Gasteiger charge is -2.19. The molecule has 2 heterocycles. The van der Waals surface area contributed by atoms with Gasteiger partial charge < -0.3 is 25.2 Å². The molecule has 0 amide bonds. The normalized spacial score (nSPS) is 10.8. The Bertz CT molecular complexity index is 1670. The highest BCUT2D eigenvalue weighted by atomic mass is 35.5. The Morgan fingerprint density at radius 2 is 1.28 bits per heavy atom. The molecule has 342 valence electrons. The first-order valence-corrected chi connectivity index (χ1v) is 22.8. The highest BCUT2D eigenvalue weighted by Gasteiger charge is 2.08. The number of aryl methyl sites for hydroxylation is 1. The highest BCUT2D eigenvalue weighted by Crippen LogP contribution is 2.22. The maximum absolute atomic E-state index is 12.6. The molecule has 4 aromatic rings. The van der Waals surface area contributed by atoms with Gasteiger partial charge in [-0.25, -0.2) is 14.3 Å². The molecule has 0 saturated carbocycles. The van der Waals surface area contributed by atoms with Crippen molar-refractivity contribution in [2.24, 2.45) is 4.99 Å². The number of hydrogen-bond acceptors (Lipinski definition) is 8. The number of benzene rings is 2. The lowest BCUT2D eigenvalue weighted by Crippen LogP contribution is -2.32. The summed E-state index contributed by atoms with van der Waals surface area (Å²) < 4.78 is 12.8. The average Bonchev–Trinajstić information content (AvgIpc) is 3.26. The minimum absolute atomic E-state index is 0. The van der Waals surface area contributed by atoms with Crippen LogP contribution in [0.25, 0.3) is 10.9 Å². The zero-order valence-corrected chi connectivity index (χ0v) is 39.8.